The molecule has 0 bridgehead atoms. The molecule has 0 radical (unpaired) electrons. The van der Waals surface area contributed by atoms with Gasteiger partial charge in [-0.2, -0.15) is 0 Å². The van der Waals surface area contributed by atoms with Crippen LogP contribution in [0.4, 0.5) is 0 Å². The summed E-state index contributed by atoms with van der Waals surface area (Å²) in [5, 5.41) is 1.14. The number of aromatic nitrogens is 1. The largest absolute Gasteiger partial charge is 0.350 e. The van der Waals surface area contributed by atoms with Gasteiger partial charge in [0.1, 0.15) is 0 Å². The smallest absolute Gasteiger partial charge is 0.177 e. The van der Waals surface area contributed by atoms with E-state index in [-0.39, 0.29) is 10.6 Å². The number of halogens is 1. The first kappa shape index (κ1) is 9.16. The molecule has 76 valence electrons. The Labute approximate surface area is 96.0 Å². The molecule has 1 aliphatic rings. The number of rotatable bonds is 0. The quantitative estimate of drug-likeness (QED) is 0.670. The molecule has 1 heterocycles. The first-order valence-electron chi connectivity index (χ1n) is 4.93. The van der Waals surface area contributed by atoms with E-state index in [0.29, 0.717) is 0 Å². The molecule has 3 rings (SSSR count). The van der Waals surface area contributed by atoms with Gasteiger partial charge in [-0.1, -0.05) is 28.1 Å². The minimum absolute atomic E-state index is 0.0574. The summed E-state index contributed by atoms with van der Waals surface area (Å²) in [6.45, 7) is 0. The van der Waals surface area contributed by atoms with Crippen LogP contribution in [0.1, 0.15) is 15.9 Å². The SMILES string of the molecule is Cn1cc2c3c(cccc31)C(=O)C(Br)C2. The Kier molecular flexibility index (Phi) is 1.80. The van der Waals surface area contributed by atoms with Gasteiger partial charge in [0.2, 0.25) is 0 Å². The Hall–Kier alpha value is -1.09. The minimum Gasteiger partial charge on any atom is -0.350 e. The molecule has 0 saturated carbocycles. The van der Waals surface area contributed by atoms with Gasteiger partial charge in [-0.3, -0.25) is 4.79 Å². The molecular weight excluding hydrogens is 254 g/mol. The van der Waals surface area contributed by atoms with Gasteiger partial charge in [-0.15, -0.1) is 0 Å². The van der Waals surface area contributed by atoms with Crippen molar-refractivity contribution in [2.75, 3.05) is 0 Å². The third-order valence-corrected chi connectivity index (χ3v) is 3.78. The summed E-state index contributed by atoms with van der Waals surface area (Å²) in [6, 6.07) is 5.93. The fourth-order valence-electron chi connectivity index (χ4n) is 2.35. The van der Waals surface area contributed by atoms with Crippen LogP contribution < -0.4 is 0 Å². The van der Waals surface area contributed by atoms with Crippen molar-refractivity contribution in [1.82, 2.24) is 4.57 Å². The molecule has 2 aromatic rings. The minimum atomic E-state index is -0.0574. The van der Waals surface area contributed by atoms with Crippen LogP contribution in [0.3, 0.4) is 0 Å². The molecule has 0 spiro atoms. The van der Waals surface area contributed by atoms with Gasteiger partial charge >= 0.3 is 0 Å². The van der Waals surface area contributed by atoms with Crippen LogP contribution in [0.25, 0.3) is 10.9 Å². The van der Waals surface area contributed by atoms with Crippen LogP contribution in [0.15, 0.2) is 24.4 Å². The van der Waals surface area contributed by atoms with Gasteiger partial charge in [-0.25, -0.2) is 0 Å². The number of carbonyl (C=O) groups is 1. The summed E-state index contributed by atoms with van der Waals surface area (Å²) in [4.78, 5) is 11.9. The normalized spacial score (nSPS) is 19.9. The molecule has 0 amide bonds. The molecule has 1 aromatic carbocycles. The molecular formula is C12H10BrNO. The van der Waals surface area contributed by atoms with Crippen LogP contribution in [0.2, 0.25) is 0 Å². The molecule has 2 nitrogen and oxygen atoms in total. The van der Waals surface area contributed by atoms with Crippen molar-refractivity contribution in [2.45, 2.75) is 11.2 Å². The van der Waals surface area contributed by atoms with E-state index in [1.165, 1.54) is 5.56 Å². The van der Waals surface area contributed by atoms with Gasteiger partial charge in [0.15, 0.2) is 5.78 Å². The molecule has 1 atom stereocenters. The maximum Gasteiger partial charge on any atom is 0.177 e. The average molecular weight is 264 g/mol. The monoisotopic (exact) mass is 263 g/mol. The third-order valence-electron chi connectivity index (χ3n) is 3.04. The van der Waals surface area contributed by atoms with Gasteiger partial charge in [0.05, 0.1) is 4.83 Å². The Morgan fingerprint density at radius 1 is 1.47 bits per heavy atom. The fraction of sp³-hybridized carbons (Fsp3) is 0.250. The van der Waals surface area contributed by atoms with E-state index in [0.717, 1.165) is 22.9 Å². The average Bonchev–Trinajstić information content (AvgIpc) is 2.54. The third kappa shape index (κ3) is 1.13. The zero-order valence-corrected chi connectivity index (χ0v) is 9.91. The predicted octanol–water partition coefficient (Wildman–Crippen LogP) is 2.68. The van der Waals surface area contributed by atoms with E-state index in [1.54, 1.807) is 0 Å². The van der Waals surface area contributed by atoms with E-state index >= 15 is 0 Å². The number of ketones is 1. The number of hydrogen-bond donors (Lipinski definition) is 0. The molecule has 1 aromatic heterocycles. The second kappa shape index (κ2) is 2.95. The molecule has 0 aliphatic heterocycles. The van der Waals surface area contributed by atoms with Crippen LogP contribution in [0, 0.1) is 0 Å². The number of carbonyl (C=O) groups excluding carboxylic acids is 1. The highest BCUT2D eigenvalue weighted by atomic mass is 79.9. The maximum atomic E-state index is 12.0. The second-order valence-electron chi connectivity index (χ2n) is 4.00. The number of alkyl halides is 1. The van der Waals surface area contributed by atoms with Crippen LogP contribution in [0.5, 0.6) is 0 Å². The van der Waals surface area contributed by atoms with E-state index < -0.39 is 0 Å². The lowest BCUT2D eigenvalue weighted by Crippen LogP contribution is -2.21. The summed E-state index contributed by atoms with van der Waals surface area (Å²) in [5.74, 6) is 0.208. The Balaban J connectivity index is 2.47. The van der Waals surface area contributed by atoms with Gasteiger partial charge < -0.3 is 4.57 Å². The van der Waals surface area contributed by atoms with E-state index in [4.69, 9.17) is 0 Å². The highest BCUT2D eigenvalue weighted by Gasteiger charge is 2.27. The molecule has 0 N–H and O–H groups in total. The van der Waals surface area contributed by atoms with E-state index in [2.05, 4.69) is 32.8 Å². The zero-order valence-electron chi connectivity index (χ0n) is 8.33. The predicted molar refractivity (Wildman–Crippen MR) is 63.7 cm³/mol. The van der Waals surface area contributed by atoms with Crippen molar-refractivity contribution in [3.63, 3.8) is 0 Å². The Morgan fingerprint density at radius 2 is 2.27 bits per heavy atom. The summed E-state index contributed by atoms with van der Waals surface area (Å²) < 4.78 is 2.09. The number of aryl methyl sites for hydroxylation is 1. The van der Waals surface area contributed by atoms with Crippen LogP contribution in [-0.4, -0.2) is 15.2 Å². The Bertz CT molecular complexity index is 570. The Morgan fingerprint density at radius 3 is 3.07 bits per heavy atom. The van der Waals surface area contributed by atoms with E-state index in [9.17, 15) is 4.79 Å². The molecule has 3 heteroatoms. The lowest BCUT2D eigenvalue weighted by molar-refractivity contribution is 0.0990. The first-order valence-corrected chi connectivity index (χ1v) is 5.85. The highest BCUT2D eigenvalue weighted by molar-refractivity contribution is 9.10. The number of nitrogens with zero attached hydrogens (tertiary/aromatic N) is 1. The fourth-order valence-corrected chi connectivity index (χ4v) is 2.95. The summed E-state index contributed by atoms with van der Waals surface area (Å²) in [7, 11) is 2.02. The van der Waals surface area contributed by atoms with Gasteiger partial charge in [0.25, 0.3) is 0 Å². The van der Waals surface area contributed by atoms with Crippen molar-refractivity contribution in [1.29, 1.82) is 0 Å². The van der Waals surface area contributed by atoms with Crippen molar-refractivity contribution >= 4 is 32.6 Å². The van der Waals surface area contributed by atoms with Crippen molar-refractivity contribution in [3.05, 3.63) is 35.5 Å². The van der Waals surface area contributed by atoms with Crippen molar-refractivity contribution in [3.8, 4) is 0 Å². The zero-order chi connectivity index (χ0) is 10.6. The summed E-state index contributed by atoms with van der Waals surface area (Å²) in [5.41, 5.74) is 3.27. The van der Waals surface area contributed by atoms with E-state index in [1.807, 2.05) is 19.2 Å². The standard InChI is InChI=1S/C12H10BrNO/c1-14-6-7-5-9(13)12(15)8-3-2-4-10(14)11(7)8/h2-4,6,9H,5H2,1H3. The number of hydrogen-bond acceptors (Lipinski definition) is 1. The topological polar surface area (TPSA) is 22.0 Å². The van der Waals surface area contributed by atoms with Crippen molar-refractivity contribution < 1.29 is 4.79 Å². The molecule has 1 unspecified atom stereocenters. The van der Waals surface area contributed by atoms with Crippen LogP contribution in [-0.2, 0) is 13.5 Å². The molecule has 0 saturated heterocycles. The van der Waals surface area contributed by atoms with Crippen LogP contribution >= 0.6 is 15.9 Å². The van der Waals surface area contributed by atoms with Gasteiger partial charge in [-0.05, 0) is 18.1 Å². The molecule has 0 fully saturated rings. The summed E-state index contributed by atoms with van der Waals surface area (Å²) in [6.07, 6.45) is 2.92. The second-order valence-corrected chi connectivity index (χ2v) is 5.11. The highest BCUT2D eigenvalue weighted by Crippen LogP contribution is 2.33. The van der Waals surface area contributed by atoms with Gasteiger partial charge in [0, 0.05) is 29.7 Å². The first-order chi connectivity index (χ1) is 7.18. The lowest BCUT2D eigenvalue weighted by Gasteiger charge is -2.15. The van der Waals surface area contributed by atoms with Crippen molar-refractivity contribution in [2.24, 2.45) is 7.05 Å². The maximum absolute atomic E-state index is 12.0. The molecule has 15 heavy (non-hydrogen) atoms. The molecule has 1 aliphatic carbocycles. The summed E-state index contributed by atoms with van der Waals surface area (Å²) >= 11 is 3.44. The number of Topliss-reactive ketones (excluding diaryl/α,β-unsaturated/α-hetero) is 1. The lowest BCUT2D eigenvalue weighted by atomic mass is 9.92. The number of benzene rings is 1.